The lowest BCUT2D eigenvalue weighted by Crippen LogP contribution is -2.36. The van der Waals surface area contributed by atoms with Crippen LogP contribution in [0.3, 0.4) is 0 Å². The lowest BCUT2D eigenvalue weighted by Gasteiger charge is -2.22. The quantitative estimate of drug-likeness (QED) is 0.569. The van der Waals surface area contributed by atoms with Crippen LogP contribution in [0.4, 0.5) is 4.39 Å². The Kier molecular flexibility index (Phi) is 7.24. The van der Waals surface area contributed by atoms with Gasteiger partial charge >= 0.3 is 5.97 Å². The van der Waals surface area contributed by atoms with Crippen LogP contribution in [0, 0.1) is 11.7 Å². The molecule has 0 heterocycles. The molecule has 0 N–H and O–H groups in total. The van der Waals surface area contributed by atoms with Gasteiger partial charge in [-0.25, -0.2) is 4.39 Å². The van der Waals surface area contributed by atoms with Crippen molar-refractivity contribution >= 4 is 33.9 Å². The molecule has 1 amide bonds. The third-order valence-electron chi connectivity index (χ3n) is 3.15. The smallest absolute Gasteiger partial charge is 0.310 e. The van der Waals surface area contributed by atoms with Gasteiger partial charge in [0.2, 0.25) is 5.91 Å². The Hall–Kier alpha value is -1.69. The number of ether oxygens (including phenoxy) is 1. The van der Waals surface area contributed by atoms with Crippen LogP contribution in [0.2, 0.25) is 0 Å². The first-order valence-corrected chi connectivity index (χ1v) is 7.68. The molecule has 1 aromatic carbocycles. The van der Waals surface area contributed by atoms with Crippen molar-refractivity contribution in [3.8, 4) is 0 Å². The van der Waals surface area contributed by atoms with Crippen molar-refractivity contribution in [1.29, 1.82) is 0 Å². The molecule has 0 fully saturated rings. The van der Waals surface area contributed by atoms with Crippen molar-refractivity contribution in [1.82, 2.24) is 4.90 Å². The molecule has 1 aromatic rings. The van der Waals surface area contributed by atoms with Crippen LogP contribution in [0.1, 0.15) is 19.4 Å². The van der Waals surface area contributed by atoms with Gasteiger partial charge in [-0.3, -0.25) is 9.59 Å². The molecule has 120 valence electrons. The highest BCUT2D eigenvalue weighted by atomic mass is 79.9. The summed E-state index contributed by atoms with van der Waals surface area (Å²) in [5, 5.41) is 0. The van der Waals surface area contributed by atoms with Crippen LogP contribution in [0.5, 0.6) is 0 Å². The zero-order chi connectivity index (χ0) is 16.7. The Morgan fingerprint density at radius 2 is 2.14 bits per heavy atom. The van der Waals surface area contributed by atoms with Crippen molar-refractivity contribution < 1.29 is 18.7 Å². The highest BCUT2D eigenvalue weighted by Gasteiger charge is 2.19. The minimum Gasteiger partial charge on any atom is -0.469 e. The van der Waals surface area contributed by atoms with E-state index < -0.39 is 11.7 Å². The van der Waals surface area contributed by atoms with Crippen LogP contribution < -0.4 is 0 Å². The highest BCUT2D eigenvalue weighted by Crippen LogP contribution is 2.17. The summed E-state index contributed by atoms with van der Waals surface area (Å²) >= 11 is 3.26. The molecule has 4 nitrogen and oxygen atoms in total. The zero-order valence-corrected chi connectivity index (χ0v) is 14.4. The monoisotopic (exact) mass is 371 g/mol. The second-order valence-corrected chi connectivity index (χ2v) is 5.72. The SMILES string of the molecule is CCN(CC(C)C(=O)OC)C(=O)/C=C/c1cc(Br)ccc1F. The molecule has 0 aliphatic carbocycles. The van der Waals surface area contributed by atoms with Gasteiger partial charge < -0.3 is 9.64 Å². The van der Waals surface area contributed by atoms with Crippen molar-refractivity contribution in [3.05, 3.63) is 40.1 Å². The lowest BCUT2D eigenvalue weighted by atomic mass is 10.1. The van der Waals surface area contributed by atoms with Crippen LogP contribution in [-0.4, -0.2) is 37.0 Å². The van der Waals surface area contributed by atoms with E-state index in [1.54, 1.807) is 19.1 Å². The Morgan fingerprint density at radius 3 is 2.73 bits per heavy atom. The third kappa shape index (κ3) is 5.26. The molecule has 0 bridgehead atoms. The van der Waals surface area contributed by atoms with Crippen LogP contribution in [0.15, 0.2) is 28.7 Å². The molecular formula is C16H19BrFNO3. The Bertz CT molecular complexity index is 575. The fraction of sp³-hybridized carbons (Fsp3) is 0.375. The average Bonchev–Trinajstić information content (AvgIpc) is 2.51. The lowest BCUT2D eigenvalue weighted by molar-refractivity contribution is -0.146. The van der Waals surface area contributed by atoms with Crippen molar-refractivity contribution in [2.45, 2.75) is 13.8 Å². The molecule has 6 heteroatoms. The first kappa shape index (κ1) is 18.4. The Balaban J connectivity index is 2.78. The molecule has 0 aromatic heterocycles. The van der Waals surface area contributed by atoms with E-state index in [0.29, 0.717) is 12.1 Å². The molecule has 1 unspecified atom stereocenters. The van der Waals surface area contributed by atoms with E-state index in [2.05, 4.69) is 20.7 Å². The molecule has 0 saturated heterocycles. The number of nitrogens with zero attached hydrogens (tertiary/aromatic N) is 1. The number of carbonyl (C=O) groups is 2. The number of rotatable bonds is 6. The maximum Gasteiger partial charge on any atom is 0.310 e. The summed E-state index contributed by atoms with van der Waals surface area (Å²) in [6, 6.07) is 4.50. The van der Waals surface area contributed by atoms with Gasteiger partial charge in [0, 0.05) is 29.2 Å². The number of methoxy groups -OCH3 is 1. The first-order chi connectivity index (χ1) is 10.4. The van der Waals surface area contributed by atoms with Gasteiger partial charge in [-0.15, -0.1) is 0 Å². The summed E-state index contributed by atoms with van der Waals surface area (Å²) in [6.07, 6.45) is 2.73. The number of benzene rings is 1. The Morgan fingerprint density at radius 1 is 1.45 bits per heavy atom. The van der Waals surface area contributed by atoms with E-state index in [9.17, 15) is 14.0 Å². The molecule has 0 spiro atoms. The van der Waals surface area contributed by atoms with Crippen LogP contribution in [0.25, 0.3) is 6.08 Å². The summed E-state index contributed by atoms with van der Waals surface area (Å²) in [6.45, 7) is 4.22. The Labute approximate surface area is 138 Å². The topological polar surface area (TPSA) is 46.6 Å². The molecule has 0 radical (unpaired) electrons. The minimum atomic E-state index is -0.412. The number of hydrogen-bond donors (Lipinski definition) is 0. The van der Waals surface area contributed by atoms with Crippen LogP contribution in [-0.2, 0) is 14.3 Å². The molecule has 0 aliphatic rings. The predicted octanol–water partition coefficient (Wildman–Crippen LogP) is 3.26. The number of halogens is 2. The second-order valence-electron chi connectivity index (χ2n) is 4.80. The van der Waals surface area contributed by atoms with Gasteiger partial charge in [-0.2, -0.15) is 0 Å². The molecule has 0 saturated carbocycles. The van der Waals surface area contributed by atoms with E-state index in [1.165, 1.54) is 30.2 Å². The van der Waals surface area contributed by atoms with Gasteiger partial charge in [0.1, 0.15) is 5.82 Å². The van der Waals surface area contributed by atoms with Gasteiger partial charge in [0.25, 0.3) is 0 Å². The van der Waals surface area contributed by atoms with Gasteiger partial charge in [-0.1, -0.05) is 22.9 Å². The largest absolute Gasteiger partial charge is 0.469 e. The second kappa shape index (κ2) is 8.68. The normalized spacial score (nSPS) is 12.2. The fourth-order valence-corrected chi connectivity index (χ4v) is 2.27. The van der Waals surface area contributed by atoms with E-state index >= 15 is 0 Å². The van der Waals surface area contributed by atoms with Crippen LogP contribution >= 0.6 is 15.9 Å². The number of likely N-dealkylation sites (N-methyl/N-ethyl adjacent to an activating group) is 1. The van der Waals surface area contributed by atoms with Gasteiger partial charge in [0.15, 0.2) is 0 Å². The van der Waals surface area contributed by atoms with E-state index in [0.717, 1.165) is 4.47 Å². The first-order valence-electron chi connectivity index (χ1n) is 6.88. The fourth-order valence-electron chi connectivity index (χ4n) is 1.89. The van der Waals surface area contributed by atoms with E-state index in [1.807, 2.05) is 6.92 Å². The van der Waals surface area contributed by atoms with Crippen molar-refractivity contribution in [2.24, 2.45) is 5.92 Å². The van der Waals surface area contributed by atoms with E-state index in [-0.39, 0.29) is 18.4 Å². The van der Waals surface area contributed by atoms with E-state index in [4.69, 9.17) is 0 Å². The number of hydrogen-bond acceptors (Lipinski definition) is 3. The molecule has 1 atom stereocenters. The summed E-state index contributed by atoms with van der Waals surface area (Å²) in [7, 11) is 1.31. The number of esters is 1. The zero-order valence-electron chi connectivity index (χ0n) is 12.8. The van der Waals surface area contributed by atoms with Crippen molar-refractivity contribution in [3.63, 3.8) is 0 Å². The average molecular weight is 372 g/mol. The molecule has 22 heavy (non-hydrogen) atoms. The maximum absolute atomic E-state index is 13.6. The molecular weight excluding hydrogens is 353 g/mol. The highest BCUT2D eigenvalue weighted by molar-refractivity contribution is 9.10. The van der Waals surface area contributed by atoms with Gasteiger partial charge in [0.05, 0.1) is 13.0 Å². The summed E-state index contributed by atoms with van der Waals surface area (Å²) in [5.41, 5.74) is 0.319. The minimum absolute atomic E-state index is 0.257. The molecule has 0 aliphatic heterocycles. The predicted molar refractivity (Wildman–Crippen MR) is 86.6 cm³/mol. The third-order valence-corrected chi connectivity index (χ3v) is 3.65. The summed E-state index contributed by atoms with van der Waals surface area (Å²) in [5.74, 6) is -1.46. The standard InChI is InChI=1S/C16H19BrFNO3/c1-4-19(10-11(2)16(21)22-3)15(20)8-5-12-9-13(17)6-7-14(12)18/h5-9,11H,4,10H2,1-3H3/b8-5+. The number of carbonyl (C=O) groups excluding carboxylic acids is 2. The maximum atomic E-state index is 13.6. The van der Waals surface area contributed by atoms with Crippen molar-refractivity contribution in [2.75, 3.05) is 20.2 Å². The summed E-state index contributed by atoms with van der Waals surface area (Å²) < 4.78 is 19.0. The summed E-state index contributed by atoms with van der Waals surface area (Å²) in [4.78, 5) is 25.1. The number of amides is 1. The molecule has 1 rings (SSSR count). The van der Waals surface area contributed by atoms with Gasteiger partial charge in [-0.05, 0) is 31.2 Å².